The molecule has 0 spiro atoms. The summed E-state index contributed by atoms with van der Waals surface area (Å²) in [5, 5.41) is 18.6. The molecule has 0 saturated heterocycles. The molecular weight excluding hydrogens is 281 g/mol. The Morgan fingerprint density at radius 1 is 1.10 bits per heavy atom. The Kier molecular flexibility index (Phi) is 4.77. The summed E-state index contributed by atoms with van der Waals surface area (Å²) in [5.41, 5.74) is 0.527. The van der Waals surface area contributed by atoms with Crippen LogP contribution in [0.1, 0.15) is 5.56 Å². The first-order chi connectivity index (χ1) is 10.0. The second-order valence-electron chi connectivity index (χ2n) is 4.28. The molecule has 0 aliphatic carbocycles. The largest absolute Gasteiger partial charge is 0.497 e. The van der Waals surface area contributed by atoms with Crippen LogP contribution in [-0.4, -0.2) is 24.3 Å². The van der Waals surface area contributed by atoms with Crippen LogP contribution in [0.25, 0.3) is 0 Å². The lowest BCUT2D eigenvalue weighted by atomic mass is 9.77. The molecular formula is C14H13BF2O4. The van der Waals surface area contributed by atoms with Gasteiger partial charge < -0.3 is 19.5 Å². The van der Waals surface area contributed by atoms with Gasteiger partial charge in [-0.3, -0.25) is 0 Å². The van der Waals surface area contributed by atoms with E-state index in [4.69, 9.17) is 9.47 Å². The molecule has 2 aromatic carbocycles. The van der Waals surface area contributed by atoms with E-state index < -0.39 is 24.5 Å². The topological polar surface area (TPSA) is 58.9 Å². The van der Waals surface area contributed by atoms with Crippen LogP contribution in [0.5, 0.6) is 11.5 Å². The minimum absolute atomic E-state index is 0.174. The number of ether oxygens (including phenoxy) is 2. The zero-order chi connectivity index (χ0) is 15.4. The molecule has 0 saturated carbocycles. The quantitative estimate of drug-likeness (QED) is 0.814. The van der Waals surface area contributed by atoms with E-state index in [2.05, 4.69) is 0 Å². The van der Waals surface area contributed by atoms with Gasteiger partial charge in [-0.2, -0.15) is 0 Å². The predicted octanol–water partition coefficient (Wildman–Crippen LogP) is 1.23. The summed E-state index contributed by atoms with van der Waals surface area (Å²) in [6, 6.07) is 7.87. The Morgan fingerprint density at radius 2 is 1.76 bits per heavy atom. The monoisotopic (exact) mass is 294 g/mol. The third-order valence-corrected chi connectivity index (χ3v) is 2.92. The molecule has 21 heavy (non-hydrogen) atoms. The molecule has 2 aromatic rings. The van der Waals surface area contributed by atoms with Gasteiger partial charge in [0.15, 0.2) is 17.4 Å². The zero-order valence-corrected chi connectivity index (χ0v) is 11.2. The highest BCUT2D eigenvalue weighted by atomic mass is 19.1. The normalized spacial score (nSPS) is 10.3. The van der Waals surface area contributed by atoms with Gasteiger partial charge in [-0.15, -0.1) is 0 Å². The van der Waals surface area contributed by atoms with Crippen LogP contribution in [0, 0.1) is 11.6 Å². The number of hydrogen-bond acceptors (Lipinski definition) is 4. The molecule has 0 aliphatic rings. The molecule has 0 aromatic heterocycles. The smallest absolute Gasteiger partial charge is 0.488 e. The molecule has 4 nitrogen and oxygen atoms in total. The van der Waals surface area contributed by atoms with E-state index in [1.807, 2.05) is 0 Å². The minimum Gasteiger partial charge on any atom is -0.497 e. The van der Waals surface area contributed by atoms with Gasteiger partial charge >= 0.3 is 7.12 Å². The predicted molar refractivity (Wildman–Crippen MR) is 73.5 cm³/mol. The van der Waals surface area contributed by atoms with Crippen molar-refractivity contribution in [2.75, 3.05) is 7.11 Å². The van der Waals surface area contributed by atoms with Crippen molar-refractivity contribution < 1.29 is 28.3 Å². The van der Waals surface area contributed by atoms with Crippen molar-refractivity contribution >= 4 is 12.6 Å². The van der Waals surface area contributed by atoms with Gasteiger partial charge in [0, 0.05) is 0 Å². The summed E-state index contributed by atoms with van der Waals surface area (Å²) in [4.78, 5) is 0. The Morgan fingerprint density at radius 3 is 2.33 bits per heavy atom. The number of halogens is 2. The molecule has 0 fully saturated rings. The lowest BCUT2D eigenvalue weighted by molar-refractivity contribution is 0.274. The van der Waals surface area contributed by atoms with Gasteiger partial charge in [-0.1, -0.05) is 12.1 Å². The first-order valence-electron chi connectivity index (χ1n) is 6.12. The van der Waals surface area contributed by atoms with Gasteiger partial charge in [0.2, 0.25) is 0 Å². The van der Waals surface area contributed by atoms with Gasteiger partial charge in [0.25, 0.3) is 0 Å². The maximum atomic E-state index is 13.5. The highest BCUT2D eigenvalue weighted by molar-refractivity contribution is 6.59. The number of benzene rings is 2. The zero-order valence-electron chi connectivity index (χ0n) is 11.2. The van der Waals surface area contributed by atoms with Crippen molar-refractivity contribution in [3.8, 4) is 11.5 Å². The number of rotatable bonds is 5. The van der Waals surface area contributed by atoms with Gasteiger partial charge in [0.05, 0.1) is 7.11 Å². The molecule has 2 rings (SSSR count). The third kappa shape index (κ3) is 3.50. The van der Waals surface area contributed by atoms with Crippen molar-refractivity contribution in [2.24, 2.45) is 0 Å². The van der Waals surface area contributed by atoms with Crippen molar-refractivity contribution in [1.29, 1.82) is 0 Å². The highest BCUT2D eigenvalue weighted by Gasteiger charge is 2.18. The number of hydrogen-bond donors (Lipinski definition) is 2. The minimum atomic E-state index is -1.72. The maximum absolute atomic E-state index is 13.5. The Balaban J connectivity index is 2.26. The molecule has 0 aliphatic heterocycles. The van der Waals surface area contributed by atoms with Crippen LogP contribution in [0.4, 0.5) is 8.78 Å². The van der Waals surface area contributed by atoms with Crippen molar-refractivity contribution in [1.82, 2.24) is 0 Å². The lowest BCUT2D eigenvalue weighted by Gasteiger charge is -2.13. The fourth-order valence-corrected chi connectivity index (χ4v) is 1.86. The number of methoxy groups -OCH3 is 1. The average molecular weight is 294 g/mol. The van der Waals surface area contributed by atoms with E-state index in [0.717, 1.165) is 12.1 Å². The van der Waals surface area contributed by atoms with Crippen LogP contribution in [-0.2, 0) is 6.61 Å². The maximum Gasteiger partial charge on any atom is 0.488 e. The molecule has 0 unspecified atom stereocenters. The SMILES string of the molecule is COc1ccc(B(O)O)c(COc2c(F)cccc2F)c1. The van der Waals surface area contributed by atoms with E-state index >= 15 is 0 Å². The van der Waals surface area contributed by atoms with Crippen LogP contribution in [0.2, 0.25) is 0 Å². The Bertz CT molecular complexity index is 614. The van der Waals surface area contributed by atoms with Crippen molar-refractivity contribution in [3.63, 3.8) is 0 Å². The molecule has 0 amide bonds. The van der Waals surface area contributed by atoms with Crippen LogP contribution >= 0.6 is 0 Å². The molecule has 0 atom stereocenters. The number of para-hydroxylation sites is 1. The van der Waals surface area contributed by atoms with Crippen LogP contribution in [0.3, 0.4) is 0 Å². The summed E-state index contributed by atoms with van der Waals surface area (Å²) >= 11 is 0. The summed E-state index contributed by atoms with van der Waals surface area (Å²) in [5.74, 6) is -1.71. The third-order valence-electron chi connectivity index (χ3n) is 2.92. The van der Waals surface area contributed by atoms with E-state index in [9.17, 15) is 18.8 Å². The fraction of sp³-hybridized carbons (Fsp3) is 0.143. The summed E-state index contributed by atoms with van der Waals surface area (Å²) in [6.45, 7) is -0.234. The van der Waals surface area contributed by atoms with E-state index in [0.29, 0.717) is 11.3 Å². The first-order valence-corrected chi connectivity index (χ1v) is 6.12. The lowest BCUT2D eigenvalue weighted by Crippen LogP contribution is -2.33. The van der Waals surface area contributed by atoms with Crippen LogP contribution in [0.15, 0.2) is 36.4 Å². The van der Waals surface area contributed by atoms with E-state index in [-0.39, 0.29) is 12.1 Å². The summed E-state index contributed by atoms with van der Waals surface area (Å²) in [6.07, 6.45) is 0. The van der Waals surface area contributed by atoms with Gasteiger partial charge in [0.1, 0.15) is 12.4 Å². The molecule has 7 heteroatoms. The van der Waals surface area contributed by atoms with Gasteiger partial charge in [-0.25, -0.2) is 8.78 Å². The van der Waals surface area contributed by atoms with Crippen molar-refractivity contribution in [2.45, 2.75) is 6.61 Å². The molecule has 110 valence electrons. The van der Waals surface area contributed by atoms with Crippen molar-refractivity contribution in [3.05, 3.63) is 53.6 Å². The standard InChI is InChI=1S/C14H13BF2O4/c1-20-10-5-6-11(15(18)19)9(7-10)8-21-14-12(16)3-2-4-13(14)17/h2-7,18-19H,8H2,1H3. The average Bonchev–Trinajstić information content (AvgIpc) is 2.46. The van der Waals surface area contributed by atoms with Crippen LogP contribution < -0.4 is 14.9 Å². The Hall–Kier alpha value is -2.12. The molecule has 0 bridgehead atoms. The molecule has 0 radical (unpaired) electrons. The van der Waals surface area contributed by atoms with E-state index in [1.165, 1.54) is 25.3 Å². The highest BCUT2D eigenvalue weighted by Crippen LogP contribution is 2.22. The Labute approximate surface area is 120 Å². The fourth-order valence-electron chi connectivity index (χ4n) is 1.86. The summed E-state index contributed by atoms with van der Waals surface area (Å²) < 4.78 is 37.1. The van der Waals surface area contributed by atoms with E-state index in [1.54, 1.807) is 6.07 Å². The summed E-state index contributed by atoms with van der Waals surface area (Å²) in [7, 11) is -0.272. The molecule has 0 heterocycles. The molecule has 2 N–H and O–H groups in total. The second kappa shape index (κ2) is 6.56. The first kappa shape index (κ1) is 15.3. The van der Waals surface area contributed by atoms with Gasteiger partial charge in [-0.05, 0) is 35.3 Å². The second-order valence-corrected chi connectivity index (χ2v) is 4.28.